The minimum Gasteiger partial charge on any atom is -0.462 e. The van der Waals surface area contributed by atoms with Crippen LogP contribution in [0.4, 0.5) is 0 Å². The molecule has 6 heteroatoms. The molecule has 0 aromatic rings. The van der Waals surface area contributed by atoms with Gasteiger partial charge in [0.25, 0.3) is 0 Å². The SMILES string of the molecule is CCCCCCCCCCCCCC(=O)OC[C@@H](COC(=O)CCCCCCC)OC(=O)CCCCCCCCCCCCC. The smallest absolute Gasteiger partial charge is 0.306 e. The quantitative estimate of drug-likeness (QED) is 0.0390. The maximum atomic E-state index is 12.6. The number of carbonyl (C=O) groups is 3. The first-order valence-corrected chi connectivity index (χ1v) is 19.5. The first kappa shape index (κ1) is 43.4. The van der Waals surface area contributed by atoms with Gasteiger partial charge in [-0.25, -0.2) is 0 Å². The summed E-state index contributed by atoms with van der Waals surface area (Å²) in [5.74, 6) is -0.877. The summed E-state index contributed by atoms with van der Waals surface area (Å²) in [7, 11) is 0. The molecule has 1 atom stereocenters. The Bertz CT molecular complexity index is 664. The van der Waals surface area contributed by atoms with E-state index in [4.69, 9.17) is 14.2 Å². The molecule has 0 unspecified atom stereocenters. The molecule has 0 heterocycles. The van der Waals surface area contributed by atoms with Crippen molar-refractivity contribution in [1.29, 1.82) is 0 Å². The number of ether oxygens (including phenoxy) is 3. The number of unbranched alkanes of at least 4 members (excludes halogenated alkanes) is 24. The average Bonchev–Trinajstić information content (AvgIpc) is 3.03. The highest BCUT2D eigenvalue weighted by Gasteiger charge is 2.19. The average molecular weight is 639 g/mol. The second kappa shape index (κ2) is 35.3. The zero-order valence-corrected chi connectivity index (χ0v) is 30.2. The largest absolute Gasteiger partial charge is 0.462 e. The maximum absolute atomic E-state index is 12.6. The number of esters is 3. The second-order valence-corrected chi connectivity index (χ2v) is 13.2. The zero-order valence-electron chi connectivity index (χ0n) is 30.2. The lowest BCUT2D eigenvalue weighted by Gasteiger charge is -2.18. The van der Waals surface area contributed by atoms with Crippen LogP contribution in [0.15, 0.2) is 0 Å². The first-order chi connectivity index (χ1) is 22.0. The molecule has 0 aromatic carbocycles. The van der Waals surface area contributed by atoms with Gasteiger partial charge in [0.1, 0.15) is 13.2 Å². The van der Waals surface area contributed by atoms with Gasteiger partial charge in [-0.2, -0.15) is 0 Å². The van der Waals surface area contributed by atoms with Crippen molar-refractivity contribution in [3.05, 3.63) is 0 Å². The molecule has 0 aromatic heterocycles. The molecule has 0 radical (unpaired) electrons. The molecular weight excluding hydrogens is 564 g/mol. The van der Waals surface area contributed by atoms with Crippen LogP contribution in [-0.2, 0) is 28.6 Å². The Balaban J connectivity index is 4.26. The van der Waals surface area contributed by atoms with Crippen molar-refractivity contribution in [2.24, 2.45) is 0 Å². The van der Waals surface area contributed by atoms with Gasteiger partial charge in [-0.05, 0) is 19.3 Å². The van der Waals surface area contributed by atoms with E-state index in [-0.39, 0.29) is 31.1 Å². The number of hydrogen-bond acceptors (Lipinski definition) is 6. The lowest BCUT2D eigenvalue weighted by molar-refractivity contribution is -0.167. The molecule has 0 aliphatic rings. The van der Waals surface area contributed by atoms with Gasteiger partial charge in [0, 0.05) is 19.3 Å². The Morgan fingerprint density at radius 3 is 0.889 bits per heavy atom. The topological polar surface area (TPSA) is 78.9 Å². The molecule has 266 valence electrons. The van der Waals surface area contributed by atoms with Crippen LogP contribution in [0.25, 0.3) is 0 Å². The molecular formula is C39H74O6. The summed E-state index contributed by atoms with van der Waals surface area (Å²) in [6.07, 6.45) is 32.5. The fourth-order valence-electron chi connectivity index (χ4n) is 5.62. The van der Waals surface area contributed by atoms with E-state index in [1.54, 1.807) is 0 Å². The van der Waals surface area contributed by atoms with Gasteiger partial charge in [-0.15, -0.1) is 0 Å². The van der Waals surface area contributed by atoms with Crippen molar-refractivity contribution in [2.75, 3.05) is 13.2 Å². The van der Waals surface area contributed by atoms with Crippen molar-refractivity contribution in [2.45, 2.75) is 219 Å². The minimum absolute atomic E-state index is 0.0648. The molecule has 45 heavy (non-hydrogen) atoms. The number of carbonyl (C=O) groups excluding carboxylic acids is 3. The highest BCUT2D eigenvalue weighted by Crippen LogP contribution is 2.14. The third-order valence-corrected chi connectivity index (χ3v) is 8.61. The van der Waals surface area contributed by atoms with E-state index in [9.17, 15) is 14.4 Å². The lowest BCUT2D eigenvalue weighted by atomic mass is 10.1. The Kier molecular flexibility index (Phi) is 34.0. The van der Waals surface area contributed by atoms with E-state index in [0.717, 1.165) is 64.2 Å². The summed E-state index contributed by atoms with van der Waals surface area (Å²) >= 11 is 0. The van der Waals surface area contributed by atoms with E-state index in [2.05, 4.69) is 20.8 Å². The number of rotatable bonds is 35. The highest BCUT2D eigenvalue weighted by molar-refractivity contribution is 5.71. The first-order valence-electron chi connectivity index (χ1n) is 19.5. The fraction of sp³-hybridized carbons (Fsp3) is 0.923. The van der Waals surface area contributed by atoms with Crippen LogP contribution in [0.3, 0.4) is 0 Å². The summed E-state index contributed by atoms with van der Waals surface area (Å²) in [4.78, 5) is 37.2. The van der Waals surface area contributed by atoms with Crippen molar-refractivity contribution in [3.8, 4) is 0 Å². The van der Waals surface area contributed by atoms with Crippen LogP contribution in [0, 0.1) is 0 Å². The molecule has 0 N–H and O–H groups in total. The monoisotopic (exact) mass is 639 g/mol. The second-order valence-electron chi connectivity index (χ2n) is 13.2. The minimum atomic E-state index is -0.754. The molecule has 0 aliphatic carbocycles. The van der Waals surface area contributed by atoms with E-state index in [1.807, 2.05) is 0 Å². The standard InChI is InChI=1S/C39H74O6/c1-4-7-10-13-15-17-19-21-23-26-29-32-38(41)44-35-36(34-43-37(40)31-28-25-12-9-6-3)45-39(42)33-30-27-24-22-20-18-16-14-11-8-5-2/h36H,4-35H2,1-3H3/t36-/m1/s1. The fourth-order valence-corrected chi connectivity index (χ4v) is 5.62. The summed E-state index contributed by atoms with van der Waals surface area (Å²) in [6.45, 7) is 6.53. The third kappa shape index (κ3) is 33.6. The lowest BCUT2D eigenvalue weighted by Crippen LogP contribution is -2.30. The predicted molar refractivity (Wildman–Crippen MR) is 187 cm³/mol. The van der Waals surface area contributed by atoms with Crippen LogP contribution in [0.1, 0.15) is 213 Å². The Morgan fingerprint density at radius 1 is 0.356 bits per heavy atom. The van der Waals surface area contributed by atoms with E-state index < -0.39 is 6.10 Å². The van der Waals surface area contributed by atoms with E-state index in [1.165, 1.54) is 109 Å². The van der Waals surface area contributed by atoms with Crippen molar-refractivity contribution in [1.82, 2.24) is 0 Å². The Labute approximate surface area is 278 Å². The van der Waals surface area contributed by atoms with Crippen molar-refractivity contribution < 1.29 is 28.6 Å². The van der Waals surface area contributed by atoms with Gasteiger partial charge in [0.2, 0.25) is 0 Å². The van der Waals surface area contributed by atoms with Crippen LogP contribution in [-0.4, -0.2) is 37.2 Å². The molecule has 0 fully saturated rings. The van der Waals surface area contributed by atoms with Gasteiger partial charge in [0.15, 0.2) is 6.10 Å². The zero-order chi connectivity index (χ0) is 33.1. The molecule has 6 nitrogen and oxygen atoms in total. The Morgan fingerprint density at radius 2 is 0.600 bits per heavy atom. The van der Waals surface area contributed by atoms with Crippen LogP contribution in [0.2, 0.25) is 0 Å². The molecule has 0 rings (SSSR count). The summed E-state index contributed by atoms with van der Waals surface area (Å²) < 4.78 is 16.5. The van der Waals surface area contributed by atoms with Gasteiger partial charge >= 0.3 is 17.9 Å². The van der Waals surface area contributed by atoms with Crippen LogP contribution >= 0.6 is 0 Å². The van der Waals surface area contributed by atoms with Gasteiger partial charge in [0.05, 0.1) is 0 Å². The van der Waals surface area contributed by atoms with Crippen LogP contribution in [0.5, 0.6) is 0 Å². The van der Waals surface area contributed by atoms with Gasteiger partial charge in [-0.3, -0.25) is 14.4 Å². The molecule has 0 saturated carbocycles. The summed E-state index contributed by atoms with van der Waals surface area (Å²) in [5, 5.41) is 0. The summed E-state index contributed by atoms with van der Waals surface area (Å²) in [6, 6.07) is 0. The molecule has 0 bridgehead atoms. The van der Waals surface area contributed by atoms with E-state index >= 15 is 0 Å². The van der Waals surface area contributed by atoms with E-state index in [0.29, 0.717) is 19.3 Å². The molecule has 0 amide bonds. The number of hydrogen-bond donors (Lipinski definition) is 0. The summed E-state index contributed by atoms with van der Waals surface area (Å²) in [5.41, 5.74) is 0. The van der Waals surface area contributed by atoms with Gasteiger partial charge in [-0.1, -0.05) is 175 Å². The normalized spacial score (nSPS) is 11.8. The molecule has 0 aliphatic heterocycles. The molecule has 0 spiro atoms. The Hall–Kier alpha value is -1.59. The predicted octanol–water partition coefficient (Wildman–Crippen LogP) is 11.7. The van der Waals surface area contributed by atoms with Crippen LogP contribution < -0.4 is 0 Å². The van der Waals surface area contributed by atoms with Gasteiger partial charge < -0.3 is 14.2 Å². The highest BCUT2D eigenvalue weighted by atomic mass is 16.6. The maximum Gasteiger partial charge on any atom is 0.306 e. The third-order valence-electron chi connectivity index (χ3n) is 8.61. The van der Waals surface area contributed by atoms with Crippen molar-refractivity contribution in [3.63, 3.8) is 0 Å². The van der Waals surface area contributed by atoms with Crippen molar-refractivity contribution >= 4 is 17.9 Å². The molecule has 0 saturated heterocycles.